The highest BCUT2D eigenvalue weighted by Gasteiger charge is 2.25. The molecule has 0 radical (unpaired) electrons. The third-order valence-corrected chi connectivity index (χ3v) is 6.89. The fourth-order valence-corrected chi connectivity index (χ4v) is 5.03. The van der Waals surface area contributed by atoms with Gasteiger partial charge in [-0.1, -0.05) is 36.4 Å². The highest BCUT2D eigenvalue weighted by molar-refractivity contribution is 5.92. The molecule has 2 aliphatic heterocycles. The first-order valence-electron chi connectivity index (χ1n) is 12.8. The van der Waals surface area contributed by atoms with Gasteiger partial charge in [-0.25, -0.2) is 0 Å². The Kier molecular flexibility index (Phi) is 9.15. The van der Waals surface area contributed by atoms with E-state index in [0.717, 1.165) is 63.2 Å². The molecule has 35 heavy (non-hydrogen) atoms. The average molecular weight is 480 g/mol. The number of carbonyl (C=O) groups is 2. The second-order valence-corrected chi connectivity index (χ2v) is 9.30. The molecular formula is C28H37N3O4. The van der Waals surface area contributed by atoms with Crippen LogP contribution in [-0.2, 0) is 20.9 Å². The SMILES string of the molecule is CC(=O)N1CCCN(C2CCOCC2)CCCN(C(=O)COc2ccccc2)Cc2ccccc21. The zero-order valence-electron chi connectivity index (χ0n) is 20.7. The van der Waals surface area contributed by atoms with Crippen LogP contribution < -0.4 is 9.64 Å². The quantitative estimate of drug-likeness (QED) is 0.669. The van der Waals surface area contributed by atoms with Gasteiger partial charge in [0.25, 0.3) is 5.91 Å². The maximum atomic E-state index is 13.3. The Morgan fingerprint density at radius 3 is 2.34 bits per heavy atom. The number of nitrogens with zero attached hydrogens (tertiary/aromatic N) is 3. The number of benzene rings is 2. The van der Waals surface area contributed by atoms with Crippen molar-refractivity contribution in [2.45, 2.75) is 45.2 Å². The molecule has 2 heterocycles. The van der Waals surface area contributed by atoms with Gasteiger partial charge in [-0.05, 0) is 49.4 Å². The molecule has 1 fully saturated rings. The smallest absolute Gasteiger partial charge is 0.260 e. The van der Waals surface area contributed by atoms with Crippen LogP contribution in [0.3, 0.4) is 0 Å². The van der Waals surface area contributed by atoms with Gasteiger partial charge >= 0.3 is 0 Å². The molecule has 2 aromatic rings. The highest BCUT2D eigenvalue weighted by Crippen LogP contribution is 2.24. The summed E-state index contributed by atoms with van der Waals surface area (Å²) in [7, 11) is 0. The molecular weight excluding hydrogens is 442 g/mol. The van der Waals surface area contributed by atoms with Crippen LogP contribution in [0, 0.1) is 0 Å². The molecule has 0 saturated carbocycles. The van der Waals surface area contributed by atoms with Gasteiger partial charge in [0, 0.05) is 64.6 Å². The molecule has 1 saturated heterocycles. The van der Waals surface area contributed by atoms with Crippen LogP contribution in [0.15, 0.2) is 54.6 Å². The summed E-state index contributed by atoms with van der Waals surface area (Å²) >= 11 is 0. The van der Waals surface area contributed by atoms with Crippen molar-refractivity contribution in [2.24, 2.45) is 0 Å². The van der Waals surface area contributed by atoms with E-state index in [2.05, 4.69) is 4.90 Å². The van der Waals surface area contributed by atoms with E-state index in [-0.39, 0.29) is 18.4 Å². The Morgan fingerprint density at radius 2 is 1.60 bits per heavy atom. The third-order valence-electron chi connectivity index (χ3n) is 6.89. The van der Waals surface area contributed by atoms with Crippen LogP contribution in [0.25, 0.3) is 0 Å². The number of hydrogen-bond donors (Lipinski definition) is 0. The van der Waals surface area contributed by atoms with Crippen molar-refractivity contribution in [3.05, 3.63) is 60.2 Å². The molecule has 7 nitrogen and oxygen atoms in total. The molecule has 2 aliphatic rings. The predicted molar refractivity (Wildman–Crippen MR) is 136 cm³/mol. The number of fused-ring (bicyclic) bond motifs is 1. The molecule has 0 aromatic heterocycles. The molecule has 0 spiro atoms. The second-order valence-electron chi connectivity index (χ2n) is 9.30. The van der Waals surface area contributed by atoms with E-state index in [1.165, 1.54) is 0 Å². The van der Waals surface area contributed by atoms with Crippen molar-refractivity contribution in [1.29, 1.82) is 0 Å². The topological polar surface area (TPSA) is 62.3 Å². The molecule has 2 aromatic carbocycles. The van der Waals surface area contributed by atoms with E-state index >= 15 is 0 Å². The summed E-state index contributed by atoms with van der Waals surface area (Å²) in [6.07, 6.45) is 3.88. The summed E-state index contributed by atoms with van der Waals surface area (Å²) in [5, 5.41) is 0. The van der Waals surface area contributed by atoms with Crippen LogP contribution in [0.5, 0.6) is 5.75 Å². The minimum atomic E-state index is -0.0484. The summed E-state index contributed by atoms with van der Waals surface area (Å²) < 4.78 is 11.4. The Bertz CT molecular complexity index is 962. The zero-order valence-corrected chi connectivity index (χ0v) is 20.7. The molecule has 0 atom stereocenters. The van der Waals surface area contributed by atoms with Gasteiger partial charge in [-0.15, -0.1) is 0 Å². The van der Waals surface area contributed by atoms with E-state index in [9.17, 15) is 9.59 Å². The van der Waals surface area contributed by atoms with Crippen LogP contribution in [0.2, 0.25) is 0 Å². The summed E-state index contributed by atoms with van der Waals surface area (Å²) in [6, 6.07) is 17.9. The molecule has 4 rings (SSSR count). The van der Waals surface area contributed by atoms with Crippen LogP contribution in [0.1, 0.15) is 38.2 Å². The second kappa shape index (κ2) is 12.7. The Labute approximate surface area is 208 Å². The van der Waals surface area contributed by atoms with E-state index in [0.29, 0.717) is 31.4 Å². The van der Waals surface area contributed by atoms with Crippen LogP contribution in [-0.4, -0.2) is 73.7 Å². The largest absolute Gasteiger partial charge is 0.484 e. The molecule has 188 valence electrons. The summed E-state index contributed by atoms with van der Waals surface area (Å²) in [4.78, 5) is 32.2. The third kappa shape index (κ3) is 7.05. The fraction of sp³-hybridized carbons (Fsp3) is 0.500. The lowest BCUT2D eigenvalue weighted by molar-refractivity contribution is -0.134. The monoisotopic (exact) mass is 479 g/mol. The average Bonchev–Trinajstić information content (AvgIpc) is 2.88. The normalized spacial score (nSPS) is 18.8. The van der Waals surface area contributed by atoms with E-state index in [1.807, 2.05) is 64.4 Å². The maximum absolute atomic E-state index is 13.3. The van der Waals surface area contributed by atoms with Crippen molar-refractivity contribution >= 4 is 17.5 Å². The van der Waals surface area contributed by atoms with Crippen LogP contribution in [0.4, 0.5) is 5.69 Å². The standard InChI is InChI=1S/C28H37N3O4/c1-23(32)31-18-8-16-29(25-13-19-34-20-14-25)15-7-17-30(21-24-9-5-6-12-27(24)31)28(33)22-35-26-10-3-2-4-11-26/h2-6,9-12,25H,7-8,13-22H2,1H3. The fourth-order valence-electron chi connectivity index (χ4n) is 5.03. The van der Waals surface area contributed by atoms with Gasteiger partial charge in [0.15, 0.2) is 6.61 Å². The summed E-state index contributed by atoms with van der Waals surface area (Å²) in [5.74, 6) is 0.661. The first-order chi connectivity index (χ1) is 17.1. The van der Waals surface area contributed by atoms with Gasteiger partial charge in [-0.2, -0.15) is 0 Å². The van der Waals surface area contributed by atoms with Crippen molar-refractivity contribution in [1.82, 2.24) is 9.80 Å². The molecule has 0 bridgehead atoms. The number of amides is 2. The van der Waals surface area contributed by atoms with Crippen molar-refractivity contribution in [3.63, 3.8) is 0 Å². The van der Waals surface area contributed by atoms with Gasteiger partial charge in [0.2, 0.25) is 5.91 Å². The van der Waals surface area contributed by atoms with Crippen molar-refractivity contribution < 1.29 is 19.1 Å². The summed E-state index contributed by atoms with van der Waals surface area (Å²) in [5.41, 5.74) is 1.87. The molecule has 0 unspecified atom stereocenters. The Hall–Kier alpha value is -2.90. The Morgan fingerprint density at radius 1 is 0.914 bits per heavy atom. The van der Waals surface area contributed by atoms with Crippen molar-refractivity contribution in [3.8, 4) is 5.75 Å². The van der Waals surface area contributed by atoms with E-state index < -0.39 is 0 Å². The zero-order chi connectivity index (χ0) is 24.5. The minimum absolute atomic E-state index is 0.00766. The van der Waals surface area contributed by atoms with E-state index in [1.54, 1.807) is 6.92 Å². The molecule has 7 heteroatoms. The Balaban J connectivity index is 1.54. The van der Waals surface area contributed by atoms with E-state index in [4.69, 9.17) is 9.47 Å². The first-order valence-corrected chi connectivity index (χ1v) is 12.8. The molecule has 0 aliphatic carbocycles. The highest BCUT2D eigenvalue weighted by atomic mass is 16.5. The number of ether oxygens (including phenoxy) is 2. The molecule has 0 N–H and O–H groups in total. The lowest BCUT2D eigenvalue weighted by Crippen LogP contribution is -2.44. The van der Waals surface area contributed by atoms with Gasteiger partial charge in [0.1, 0.15) is 5.75 Å². The maximum Gasteiger partial charge on any atom is 0.260 e. The van der Waals surface area contributed by atoms with Gasteiger partial charge in [-0.3, -0.25) is 9.59 Å². The summed E-state index contributed by atoms with van der Waals surface area (Å²) in [6.45, 7) is 6.83. The number of para-hydroxylation sites is 2. The lowest BCUT2D eigenvalue weighted by Gasteiger charge is -2.36. The first kappa shape index (κ1) is 25.2. The van der Waals surface area contributed by atoms with Gasteiger partial charge in [0.05, 0.1) is 0 Å². The number of carbonyl (C=O) groups excluding carboxylic acids is 2. The predicted octanol–water partition coefficient (Wildman–Crippen LogP) is 3.72. The minimum Gasteiger partial charge on any atom is -0.484 e. The van der Waals surface area contributed by atoms with Gasteiger partial charge < -0.3 is 24.2 Å². The number of anilines is 1. The van der Waals surface area contributed by atoms with Crippen LogP contribution >= 0.6 is 0 Å². The lowest BCUT2D eigenvalue weighted by atomic mass is 10.1. The molecule has 2 amide bonds. The number of hydrogen-bond acceptors (Lipinski definition) is 5. The van der Waals surface area contributed by atoms with Crippen molar-refractivity contribution in [2.75, 3.05) is 50.9 Å². The number of rotatable bonds is 4.